The fourth-order valence-electron chi connectivity index (χ4n) is 4.50. The number of hydrogen-bond acceptors (Lipinski definition) is 4. The molecule has 6 heteroatoms. The second kappa shape index (κ2) is 9.41. The molecule has 0 N–H and O–H groups in total. The van der Waals surface area contributed by atoms with Crippen LogP contribution in [0.1, 0.15) is 29.5 Å². The zero-order valence-corrected chi connectivity index (χ0v) is 18.4. The maximum atomic E-state index is 13.2. The fraction of sp³-hybridized carbons (Fsp3) is 0.440. The smallest absolute Gasteiger partial charge is 0.410 e. The number of piperazine rings is 1. The third-order valence-electron chi connectivity index (χ3n) is 6.49. The van der Waals surface area contributed by atoms with Crippen LogP contribution in [-0.4, -0.2) is 60.6 Å². The van der Waals surface area contributed by atoms with Crippen molar-refractivity contribution >= 4 is 17.7 Å². The van der Waals surface area contributed by atoms with Gasteiger partial charge in [-0.15, -0.1) is 0 Å². The van der Waals surface area contributed by atoms with Crippen molar-refractivity contribution in [2.24, 2.45) is 0 Å². The van der Waals surface area contributed by atoms with Gasteiger partial charge in [0.1, 0.15) is 12.6 Å². The highest BCUT2D eigenvalue weighted by Crippen LogP contribution is 2.25. The number of ether oxygens (including phenoxy) is 1. The Hall–Kier alpha value is -3.02. The van der Waals surface area contributed by atoms with Crippen LogP contribution in [0.3, 0.4) is 0 Å². The van der Waals surface area contributed by atoms with Gasteiger partial charge < -0.3 is 14.5 Å². The number of rotatable bonds is 4. The second-order valence-electron chi connectivity index (χ2n) is 8.42. The predicted molar refractivity (Wildman–Crippen MR) is 121 cm³/mol. The summed E-state index contributed by atoms with van der Waals surface area (Å²) in [5, 5.41) is 0. The summed E-state index contributed by atoms with van der Waals surface area (Å²) in [6.07, 6.45) is 1.14. The van der Waals surface area contributed by atoms with Crippen LogP contribution >= 0.6 is 0 Å². The first kappa shape index (κ1) is 21.2. The van der Waals surface area contributed by atoms with Crippen molar-refractivity contribution in [2.45, 2.75) is 39.3 Å². The van der Waals surface area contributed by atoms with Crippen LogP contribution in [0.15, 0.2) is 48.5 Å². The molecular weight excluding hydrogens is 390 g/mol. The van der Waals surface area contributed by atoms with Crippen molar-refractivity contribution in [3.8, 4) is 0 Å². The van der Waals surface area contributed by atoms with Crippen molar-refractivity contribution in [3.05, 3.63) is 65.2 Å². The van der Waals surface area contributed by atoms with E-state index in [1.54, 1.807) is 4.90 Å². The second-order valence-corrected chi connectivity index (χ2v) is 8.42. The van der Waals surface area contributed by atoms with Crippen LogP contribution in [-0.2, 0) is 16.1 Å². The third-order valence-corrected chi connectivity index (χ3v) is 6.49. The molecule has 2 aromatic rings. The molecule has 2 heterocycles. The van der Waals surface area contributed by atoms with Crippen molar-refractivity contribution in [3.63, 3.8) is 0 Å². The average molecular weight is 422 g/mol. The van der Waals surface area contributed by atoms with Crippen LogP contribution < -0.4 is 4.90 Å². The average Bonchev–Trinajstić information content (AvgIpc) is 3.30. The lowest BCUT2D eigenvalue weighted by molar-refractivity contribution is -0.135. The van der Waals surface area contributed by atoms with E-state index in [1.807, 2.05) is 35.2 Å². The summed E-state index contributed by atoms with van der Waals surface area (Å²) in [7, 11) is 0. The number of hydrogen-bond donors (Lipinski definition) is 0. The molecule has 4 rings (SSSR count). The minimum atomic E-state index is -0.407. The molecule has 31 heavy (non-hydrogen) atoms. The summed E-state index contributed by atoms with van der Waals surface area (Å²) in [4.78, 5) is 31.7. The van der Waals surface area contributed by atoms with Gasteiger partial charge in [0, 0.05) is 38.4 Å². The van der Waals surface area contributed by atoms with Gasteiger partial charge in [0.05, 0.1) is 0 Å². The Balaban J connectivity index is 1.33. The van der Waals surface area contributed by atoms with Gasteiger partial charge in [-0.3, -0.25) is 9.69 Å². The van der Waals surface area contributed by atoms with Gasteiger partial charge in [0.15, 0.2) is 0 Å². The number of benzene rings is 2. The first-order valence-electron chi connectivity index (χ1n) is 11.1. The van der Waals surface area contributed by atoms with E-state index in [0.29, 0.717) is 26.1 Å². The lowest BCUT2D eigenvalue weighted by Gasteiger charge is -2.38. The highest BCUT2D eigenvalue weighted by molar-refractivity contribution is 5.86. The van der Waals surface area contributed by atoms with Gasteiger partial charge in [0.25, 0.3) is 0 Å². The lowest BCUT2D eigenvalue weighted by Crippen LogP contribution is -2.54. The third kappa shape index (κ3) is 4.68. The quantitative estimate of drug-likeness (QED) is 0.755. The molecule has 2 aliphatic rings. The summed E-state index contributed by atoms with van der Waals surface area (Å²) in [6.45, 7) is 8.05. The van der Waals surface area contributed by atoms with Gasteiger partial charge in [-0.2, -0.15) is 0 Å². The topological polar surface area (TPSA) is 53.1 Å². The molecule has 2 saturated heterocycles. The Morgan fingerprint density at radius 3 is 2.42 bits per heavy atom. The summed E-state index contributed by atoms with van der Waals surface area (Å²) >= 11 is 0. The molecule has 0 bridgehead atoms. The zero-order valence-electron chi connectivity index (χ0n) is 18.4. The fourth-order valence-corrected chi connectivity index (χ4v) is 4.50. The number of carbonyl (C=O) groups is 2. The van der Waals surface area contributed by atoms with E-state index in [-0.39, 0.29) is 12.5 Å². The molecule has 2 fully saturated rings. The molecule has 0 aliphatic carbocycles. The number of anilines is 1. The summed E-state index contributed by atoms with van der Waals surface area (Å²) in [6, 6.07) is 15.6. The van der Waals surface area contributed by atoms with Gasteiger partial charge in [-0.1, -0.05) is 42.5 Å². The molecule has 1 unspecified atom stereocenters. The van der Waals surface area contributed by atoms with Gasteiger partial charge in [-0.05, 0) is 49.4 Å². The van der Waals surface area contributed by atoms with Crippen molar-refractivity contribution < 1.29 is 14.3 Å². The Bertz CT molecular complexity index is 923. The Labute approximate surface area is 184 Å². The standard InChI is InChI=1S/C25H31N3O3/c1-19-8-6-11-22(20(19)2)26-14-16-27(17-15-26)24(29)23-12-7-13-28(23)25(30)31-18-21-9-4-3-5-10-21/h3-6,8-11,23H,7,12-18H2,1-2H3. The molecule has 2 aromatic carbocycles. The van der Waals surface area contributed by atoms with Gasteiger partial charge in [-0.25, -0.2) is 4.79 Å². The molecule has 2 aliphatic heterocycles. The van der Waals surface area contributed by atoms with E-state index < -0.39 is 12.1 Å². The number of carbonyl (C=O) groups excluding carboxylic acids is 2. The highest BCUT2D eigenvalue weighted by Gasteiger charge is 2.38. The molecule has 164 valence electrons. The van der Waals surface area contributed by atoms with E-state index in [4.69, 9.17) is 4.74 Å². The van der Waals surface area contributed by atoms with Crippen molar-refractivity contribution in [1.82, 2.24) is 9.80 Å². The monoisotopic (exact) mass is 421 g/mol. The van der Waals surface area contributed by atoms with Crippen LogP contribution in [0.2, 0.25) is 0 Å². The molecule has 0 aromatic heterocycles. The van der Waals surface area contributed by atoms with Gasteiger partial charge in [0.2, 0.25) is 5.91 Å². The largest absolute Gasteiger partial charge is 0.445 e. The van der Waals surface area contributed by atoms with E-state index >= 15 is 0 Å². The maximum Gasteiger partial charge on any atom is 0.410 e. The SMILES string of the molecule is Cc1cccc(N2CCN(C(=O)C3CCCN3C(=O)OCc3ccccc3)CC2)c1C. The zero-order chi connectivity index (χ0) is 21.8. The normalized spacial score (nSPS) is 18.9. The van der Waals surface area contributed by atoms with Crippen LogP contribution in [0.5, 0.6) is 0 Å². The van der Waals surface area contributed by atoms with E-state index in [0.717, 1.165) is 25.1 Å². The van der Waals surface area contributed by atoms with Crippen molar-refractivity contribution in [2.75, 3.05) is 37.6 Å². The van der Waals surface area contributed by atoms with E-state index in [1.165, 1.54) is 16.8 Å². The Morgan fingerprint density at radius 2 is 1.68 bits per heavy atom. The molecule has 1 atom stereocenters. The van der Waals surface area contributed by atoms with E-state index in [9.17, 15) is 9.59 Å². The molecule has 0 spiro atoms. The molecule has 2 amide bonds. The summed E-state index contributed by atoms with van der Waals surface area (Å²) in [5.74, 6) is 0.0507. The lowest BCUT2D eigenvalue weighted by atomic mass is 10.1. The van der Waals surface area contributed by atoms with Crippen molar-refractivity contribution in [1.29, 1.82) is 0 Å². The van der Waals surface area contributed by atoms with Crippen LogP contribution in [0, 0.1) is 13.8 Å². The molecule has 0 radical (unpaired) electrons. The summed E-state index contributed by atoms with van der Waals surface area (Å²) in [5.41, 5.74) is 4.77. The Kier molecular flexibility index (Phi) is 6.44. The minimum absolute atomic E-state index is 0.0507. The molecule has 6 nitrogen and oxygen atoms in total. The first-order valence-corrected chi connectivity index (χ1v) is 11.1. The Morgan fingerprint density at radius 1 is 0.935 bits per heavy atom. The number of amides is 2. The van der Waals surface area contributed by atoms with Crippen LogP contribution in [0.4, 0.5) is 10.5 Å². The molecule has 0 saturated carbocycles. The number of aryl methyl sites for hydroxylation is 1. The number of nitrogens with zero attached hydrogens (tertiary/aromatic N) is 3. The minimum Gasteiger partial charge on any atom is -0.445 e. The highest BCUT2D eigenvalue weighted by atomic mass is 16.6. The molecular formula is C25H31N3O3. The summed E-state index contributed by atoms with van der Waals surface area (Å²) < 4.78 is 5.49. The predicted octanol–water partition coefficient (Wildman–Crippen LogP) is 3.75. The van der Waals surface area contributed by atoms with E-state index in [2.05, 4.69) is 36.9 Å². The van der Waals surface area contributed by atoms with Crippen LogP contribution in [0.25, 0.3) is 0 Å². The van der Waals surface area contributed by atoms with Gasteiger partial charge >= 0.3 is 6.09 Å². The number of likely N-dealkylation sites (tertiary alicyclic amines) is 1. The maximum absolute atomic E-state index is 13.2. The first-order chi connectivity index (χ1) is 15.0.